The molecule has 0 aliphatic carbocycles. The number of nitrogens with two attached hydrogens (primary N) is 1. The van der Waals surface area contributed by atoms with Gasteiger partial charge in [0.2, 0.25) is 5.91 Å². The largest absolute Gasteiger partial charge is 0.369 e. The Hall–Kier alpha value is -1.53. The Balaban J connectivity index is 2.52. The van der Waals surface area contributed by atoms with Crippen molar-refractivity contribution in [2.45, 2.75) is 50.1 Å². The lowest BCUT2D eigenvalue weighted by molar-refractivity contribution is -0.117. The number of nitrogens with zero attached hydrogens (tertiary/aromatic N) is 2. The van der Waals surface area contributed by atoms with Gasteiger partial charge in [0.25, 0.3) is 5.56 Å². The van der Waals surface area contributed by atoms with Crippen LogP contribution in [0.15, 0.2) is 28.2 Å². The molecular weight excluding hydrogens is 334 g/mol. The fourth-order valence-corrected chi connectivity index (χ4v) is 3.25. The van der Waals surface area contributed by atoms with Crippen LogP contribution in [0.1, 0.15) is 33.1 Å². The normalized spacial score (nSPS) is 12.5. The number of primary amides is 1. The van der Waals surface area contributed by atoms with Gasteiger partial charge in [0.1, 0.15) is 0 Å². The third-order valence-corrected chi connectivity index (χ3v) is 4.89. The van der Waals surface area contributed by atoms with Crippen molar-refractivity contribution in [2.75, 3.05) is 0 Å². The molecule has 23 heavy (non-hydrogen) atoms. The molecule has 2 N–H and O–H groups in total. The Bertz CT molecular complexity index is 776. The minimum atomic E-state index is -0.462. The second-order valence-electron chi connectivity index (χ2n) is 5.38. The summed E-state index contributed by atoms with van der Waals surface area (Å²) >= 11 is 7.20. The molecule has 1 aromatic carbocycles. The first kappa shape index (κ1) is 17.8. The first-order valence-corrected chi connectivity index (χ1v) is 8.86. The Morgan fingerprint density at radius 3 is 2.83 bits per heavy atom. The third-order valence-electron chi connectivity index (χ3n) is 3.55. The molecule has 0 radical (unpaired) electrons. The molecule has 1 amide bonds. The molecule has 1 aromatic heterocycles. The van der Waals surface area contributed by atoms with Gasteiger partial charge in [-0.1, -0.05) is 43.1 Å². The average Bonchev–Trinajstić information content (AvgIpc) is 2.49. The predicted molar refractivity (Wildman–Crippen MR) is 95.1 cm³/mol. The molecule has 0 fully saturated rings. The fraction of sp³-hybridized carbons (Fsp3) is 0.438. The van der Waals surface area contributed by atoms with Crippen molar-refractivity contribution in [1.82, 2.24) is 9.55 Å². The molecule has 124 valence electrons. The maximum absolute atomic E-state index is 12.8. The van der Waals surface area contributed by atoms with Gasteiger partial charge in [-0.05, 0) is 31.5 Å². The van der Waals surface area contributed by atoms with Crippen molar-refractivity contribution < 1.29 is 4.79 Å². The number of hydrogen-bond donors (Lipinski definition) is 1. The molecule has 2 rings (SSSR count). The summed E-state index contributed by atoms with van der Waals surface area (Å²) in [6.07, 6.45) is 2.97. The zero-order chi connectivity index (χ0) is 17.0. The van der Waals surface area contributed by atoms with E-state index in [2.05, 4.69) is 11.9 Å². The molecular formula is C16H20ClN3O2S. The van der Waals surface area contributed by atoms with E-state index in [1.165, 1.54) is 11.8 Å². The van der Waals surface area contributed by atoms with E-state index >= 15 is 0 Å². The highest BCUT2D eigenvalue weighted by Crippen LogP contribution is 2.24. The number of amides is 1. The molecule has 0 aliphatic rings. The van der Waals surface area contributed by atoms with Crippen LogP contribution in [0, 0.1) is 0 Å². The smallest absolute Gasteiger partial charge is 0.262 e. The lowest BCUT2D eigenvalue weighted by Crippen LogP contribution is -2.27. The van der Waals surface area contributed by atoms with Crippen molar-refractivity contribution in [3.63, 3.8) is 0 Å². The van der Waals surface area contributed by atoms with E-state index in [4.69, 9.17) is 17.3 Å². The Morgan fingerprint density at radius 1 is 1.43 bits per heavy atom. The first-order chi connectivity index (χ1) is 10.9. The van der Waals surface area contributed by atoms with Crippen molar-refractivity contribution >= 4 is 40.2 Å². The molecule has 0 saturated carbocycles. The van der Waals surface area contributed by atoms with E-state index in [1.54, 1.807) is 29.7 Å². The molecule has 2 aromatic rings. The van der Waals surface area contributed by atoms with Gasteiger partial charge in [-0.2, -0.15) is 0 Å². The van der Waals surface area contributed by atoms with Crippen LogP contribution in [0.5, 0.6) is 0 Å². The number of carbonyl (C=O) groups excluding carboxylic acids is 1. The number of thioether (sulfide) groups is 1. The SMILES string of the molecule is CCCCCn1c(SC(C)C(N)=O)nc2cc(Cl)ccc2c1=O. The summed E-state index contributed by atoms with van der Waals surface area (Å²) in [5.74, 6) is -0.435. The third kappa shape index (κ3) is 4.26. The van der Waals surface area contributed by atoms with Gasteiger partial charge in [0.05, 0.1) is 16.2 Å². The standard InChI is InChI=1S/C16H20ClN3O2S/c1-3-4-5-8-20-15(22)12-7-6-11(17)9-13(12)19-16(20)23-10(2)14(18)21/h6-7,9-10H,3-5,8H2,1-2H3,(H2,18,21). The second kappa shape index (κ2) is 7.84. The molecule has 0 spiro atoms. The Morgan fingerprint density at radius 2 is 2.17 bits per heavy atom. The number of rotatable bonds is 7. The average molecular weight is 354 g/mol. The van der Waals surface area contributed by atoms with Gasteiger partial charge >= 0.3 is 0 Å². The van der Waals surface area contributed by atoms with E-state index < -0.39 is 11.2 Å². The Kier molecular flexibility index (Phi) is 6.07. The number of hydrogen-bond acceptors (Lipinski definition) is 4. The number of fused-ring (bicyclic) bond motifs is 1. The molecule has 1 heterocycles. The summed E-state index contributed by atoms with van der Waals surface area (Å²) in [4.78, 5) is 28.6. The van der Waals surface area contributed by atoms with Crippen molar-refractivity contribution in [1.29, 1.82) is 0 Å². The number of benzene rings is 1. The van der Waals surface area contributed by atoms with Gasteiger partial charge in [0.15, 0.2) is 5.16 Å². The maximum atomic E-state index is 12.8. The number of unbranched alkanes of at least 4 members (excludes halogenated alkanes) is 2. The summed E-state index contributed by atoms with van der Waals surface area (Å²) < 4.78 is 1.63. The zero-order valence-corrected chi connectivity index (χ0v) is 14.8. The van der Waals surface area contributed by atoms with Crippen LogP contribution < -0.4 is 11.3 Å². The molecule has 1 unspecified atom stereocenters. The van der Waals surface area contributed by atoms with Crippen LogP contribution in [0.25, 0.3) is 10.9 Å². The van der Waals surface area contributed by atoms with Crippen LogP contribution in [-0.4, -0.2) is 20.7 Å². The minimum absolute atomic E-state index is 0.109. The molecule has 5 nitrogen and oxygen atoms in total. The van der Waals surface area contributed by atoms with Gasteiger partial charge in [-0.25, -0.2) is 4.98 Å². The summed E-state index contributed by atoms with van der Waals surface area (Å²) in [7, 11) is 0. The van der Waals surface area contributed by atoms with Crippen molar-refractivity contribution in [2.24, 2.45) is 5.73 Å². The summed E-state index contributed by atoms with van der Waals surface area (Å²) in [5, 5.41) is 1.09. The second-order valence-corrected chi connectivity index (χ2v) is 7.13. The highest BCUT2D eigenvalue weighted by Gasteiger charge is 2.17. The van der Waals surface area contributed by atoms with Crippen molar-refractivity contribution in [3.8, 4) is 0 Å². The van der Waals surface area contributed by atoms with Crippen LogP contribution in [0.3, 0.4) is 0 Å². The van der Waals surface area contributed by atoms with Crippen molar-refractivity contribution in [3.05, 3.63) is 33.6 Å². The molecule has 0 aliphatic heterocycles. The Labute approximate surface area is 144 Å². The maximum Gasteiger partial charge on any atom is 0.262 e. The topological polar surface area (TPSA) is 78.0 Å². The van der Waals surface area contributed by atoms with E-state index in [-0.39, 0.29) is 5.56 Å². The number of halogens is 1. The van der Waals surface area contributed by atoms with Gasteiger partial charge < -0.3 is 5.73 Å². The predicted octanol–water partition coefficient (Wildman–Crippen LogP) is 3.21. The molecule has 1 atom stereocenters. The fourth-order valence-electron chi connectivity index (χ4n) is 2.20. The lowest BCUT2D eigenvalue weighted by atomic mass is 10.2. The van der Waals surface area contributed by atoms with Gasteiger partial charge in [0, 0.05) is 11.6 Å². The van der Waals surface area contributed by atoms with Crippen LogP contribution in [0.4, 0.5) is 0 Å². The zero-order valence-electron chi connectivity index (χ0n) is 13.2. The van der Waals surface area contributed by atoms with Crippen LogP contribution >= 0.6 is 23.4 Å². The van der Waals surface area contributed by atoms with Gasteiger partial charge in [-0.3, -0.25) is 14.2 Å². The molecule has 7 heteroatoms. The monoisotopic (exact) mass is 353 g/mol. The highest BCUT2D eigenvalue weighted by atomic mass is 35.5. The number of carbonyl (C=O) groups is 1. The first-order valence-electron chi connectivity index (χ1n) is 7.60. The number of aromatic nitrogens is 2. The lowest BCUT2D eigenvalue weighted by Gasteiger charge is -2.15. The molecule has 0 bridgehead atoms. The van der Waals surface area contributed by atoms with E-state index in [0.29, 0.717) is 27.6 Å². The minimum Gasteiger partial charge on any atom is -0.369 e. The van der Waals surface area contributed by atoms with E-state index in [9.17, 15) is 9.59 Å². The highest BCUT2D eigenvalue weighted by molar-refractivity contribution is 8.00. The van der Waals surface area contributed by atoms with E-state index in [0.717, 1.165) is 19.3 Å². The molecule has 0 saturated heterocycles. The van der Waals surface area contributed by atoms with E-state index in [1.807, 2.05) is 0 Å². The quantitative estimate of drug-likeness (QED) is 0.471. The van der Waals surface area contributed by atoms with Crippen LogP contribution in [0.2, 0.25) is 5.02 Å². The summed E-state index contributed by atoms with van der Waals surface area (Å²) in [6, 6.07) is 5.03. The van der Waals surface area contributed by atoms with Gasteiger partial charge in [-0.15, -0.1) is 0 Å². The summed E-state index contributed by atoms with van der Waals surface area (Å²) in [6.45, 7) is 4.39. The summed E-state index contributed by atoms with van der Waals surface area (Å²) in [5.41, 5.74) is 5.76. The van der Waals surface area contributed by atoms with Crippen LogP contribution in [-0.2, 0) is 11.3 Å².